The summed E-state index contributed by atoms with van der Waals surface area (Å²) in [6.45, 7) is 0. The maximum Gasteiger partial charge on any atom is 0.0319 e. The lowest BCUT2D eigenvalue weighted by atomic mass is 11.8. The summed E-state index contributed by atoms with van der Waals surface area (Å²) in [6.07, 6.45) is 0. The van der Waals surface area contributed by atoms with E-state index in [0.29, 0.717) is 0 Å². The number of rotatable bonds is 0. The quantitative estimate of drug-likeness (QED) is 0.494. The van der Waals surface area contributed by atoms with Gasteiger partial charge in [-0.1, -0.05) is 0 Å². The summed E-state index contributed by atoms with van der Waals surface area (Å²) in [5.41, 5.74) is 0. The van der Waals surface area contributed by atoms with Crippen molar-refractivity contribution in [3.8, 4) is 0 Å². The van der Waals surface area contributed by atoms with Gasteiger partial charge in [0.25, 0.3) is 0 Å². The van der Waals surface area contributed by atoms with Crippen LogP contribution in [0.25, 0.3) is 0 Å². The lowest BCUT2D eigenvalue weighted by Gasteiger charge is -1.21. The van der Waals surface area contributed by atoms with Gasteiger partial charge in [0.1, 0.15) is 0 Å². The van der Waals surface area contributed by atoms with Crippen molar-refractivity contribution in [2.45, 2.75) is 0 Å². The highest BCUT2D eigenvalue weighted by Crippen LogP contribution is 0.886. The van der Waals surface area contributed by atoms with Crippen LogP contribution in [-0.4, -0.2) is 17.7 Å². The van der Waals surface area contributed by atoms with E-state index in [0.717, 1.165) is 7.11 Å². The van der Waals surface area contributed by atoms with E-state index in [2.05, 4.69) is 0 Å². The van der Waals surface area contributed by atoms with Gasteiger partial charge < -0.3 is 10.6 Å². The Hall–Kier alpha value is 0.650. The summed E-state index contributed by atoms with van der Waals surface area (Å²) < 4.78 is 0. The van der Waals surface area contributed by atoms with Gasteiger partial charge in [-0.05, 0) is 0 Å². The Balaban J connectivity index is -0.00000000500. The smallest absolute Gasteiger partial charge is 0.0319 e. The van der Waals surface area contributed by atoms with E-state index in [1.807, 2.05) is 0 Å². The first kappa shape index (κ1) is 22.8. The van der Waals surface area contributed by atoms with Crippen molar-refractivity contribution in [1.82, 2.24) is 0 Å². The summed E-state index contributed by atoms with van der Waals surface area (Å²) in [6, 6.07) is 0. The average Bonchev–Trinajstić information content (AvgIpc) is 1.00. The minimum absolute atomic E-state index is 0. The zero-order chi connectivity index (χ0) is 2.00. The van der Waals surface area contributed by atoms with Crippen molar-refractivity contribution < 1.29 is 10.6 Å². The second-order valence-corrected chi connectivity index (χ2v) is 0. The van der Waals surface area contributed by atoms with E-state index in [-0.39, 0.29) is 29.5 Å². The highest BCUT2D eigenvalue weighted by Gasteiger charge is 0.839. The predicted molar refractivity (Wildman–Crippen MR) is 27.2 cm³/mol. The molecule has 3 heteroatoms. The zero-order valence-corrected chi connectivity index (χ0v) is 4.69. The van der Waals surface area contributed by atoms with Crippen LogP contribution in [0.4, 0.5) is 0 Å². The van der Waals surface area contributed by atoms with Crippen LogP contribution in [0.2, 0.25) is 0 Å². The van der Waals surface area contributed by atoms with Crippen molar-refractivity contribution in [3.63, 3.8) is 0 Å². The minimum atomic E-state index is 0. The van der Waals surface area contributed by atoms with E-state index in [1.54, 1.807) is 0 Å². The molecule has 2 nitrogen and oxygen atoms in total. The largest absolute Gasteiger partial charge is 0.412 e. The van der Waals surface area contributed by atoms with Crippen LogP contribution in [-0.2, 0) is 0 Å². The maximum absolute atomic E-state index is 7.00. The fourth-order valence-electron chi connectivity index (χ4n) is 0. The Morgan fingerprint density at radius 1 is 1.25 bits per heavy atom. The second-order valence-electron chi connectivity index (χ2n) is 0. The normalized spacial score (nSPS) is 1.50. The van der Waals surface area contributed by atoms with Crippen LogP contribution in [0.1, 0.15) is 0 Å². The molecule has 0 atom stereocenters. The lowest BCUT2D eigenvalue weighted by molar-refractivity contribution is 0.399. The average molecular weight is 178 g/mol. The molecule has 0 fully saturated rings. The summed E-state index contributed by atoms with van der Waals surface area (Å²) in [5.74, 6) is 0. The van der Waals surface area contributed by atoms with Crippen LogP contribution in [0, 0.1) is 0 Å². The van der Waals surface area contributed by atoms with Gasteiger partial charge >= 0.3 is 0 Å². The first-order valence-corrected chi connectivity index (χ1v) is 0.447. The second kappa shape index (κ2) is 60.7. The molecule has 0 aromatic rings. The maximum atomic E-state index is 7.00. The third-order valence-corrected chi connectivity index (χ3v) is 0. The fourth-order valence-corrected chi connectivity index (χ4v) is 0. The molecule has 0 heterocycles. The van der Waals surface area contributed by atoms with E-state index in [4.69, 9.17) is 5.11 Å². The molecule has 0 radical (unpaired) electrons. The van der Waals surface area contributed by atoms with Crippen LogP contribution >= 0.6 is 24.0 Å². The first-order valence-electron chi connectivity index (χ1n) is 0.447. The van der Waals surface area contributed by atoms with Crippen molar-refractivity contribution in [2.24, 2.45) is 0 Å². The summed E-state index contributed by atoms with van der Waals surface area (Å²) in [7, 11) is 1.00. The molecule has 0 aromatic heterocycles. The molecule has 0 amide bonds. The molecule has 30 valence electrons. The Labute approximate surface area is 42.2 Å². The molecule has 0 aromatic carbocycles. The molecule has 0 bridgehead atoms. The summed E-state index contributed by atoms with van der Waals surface area (Å²) in [5, 5.41) is 7.00. The van der Waals surface area contributed by atoms with Crippen molar-refractivity contribution in [3.05, 3.63) is 0 Å². The molecule has 0 saturated heterocycles. The van der Waals surface area contributed by atoms with Crippen molar-refractivity contribution >= 4 is 24.0 Å². The molecule has 0 aliphatic rings. The SMILES string of the molecule is CO.I.O. The van der Waals surface area contributed by atoms with Gasteiger partial charge in [0.05, 0.1) is 0 Å². The Bertz CT molecular complexity index is 6.00. The molecule has 0 saturated carbocycles. The first-order chi connectivity index (χ1) is 1.00. The molecule has 0 aliphatic carbocycles. The van der Waals surface area contributed by atoms with Crippen molar-refractivity contribution in [1.29, 1.82) is 0 Å². The van der Waals surface area contributed by atoms with Gasteiger partial charge in [-0.15, -0.1) is 24.0 Å². The molecule has 3 N–H and O–H groups in total. The Morgan fingerprint density at radius 2 is 1.25 bits per heavy atom. The number of hydrogen-bond acceptors (Lipinski definition) is 1. The molecule has 0 unspecified atom stereocenters. The van der Waals surface area contributed by atoms with Gasteiger partial charge in [0.15, 0.2) is 0 Å². The predicted octanol–water partition coefficient (Wildman–Crippen LogP) is -0.598. The molecular weight excluding hydrogens is 171 g/mol. The molecule has 0 spiro atoms. The van der Waals surface area contributed by atoms with Crippen LogP contribution in [0.15, 0.2) is 0 Å². The Morgan fingerprint density at radius 3 is 1.25 bits per heavy atom. The van der Waals surface area contributed by atoms with Gasteiger partial charge in [-0.3, -0.25) is 0 Å². The minimum Gasteiger partial charge on any atom is -0.412 e. The third-order valence-electron chi connectivity index (χ3n) is 0. The Kier molecular flexibility index (Phi) is 345. The van der Waals surface area contributed by atoms with E-state index in [9.17, 15) is 0 Å². The van der Waals surface area contributed by atoms with Crippen LogP contribution < -0.4 is 0 Å². The van der Waals surface area contributed by atoms with E-state index < -0.39 is 0 Å². The van der Waals surface area contributed by atoms with Gasteiger partial charge in [0, 0.05) is 7.11 Å². The number of hydrogen-bond donors (Lipinski definition) is 1. The van der Waals surface area contributed by atoms with E-state index >= 15 is 0 Å². The number of aliphatic hydroxyl groups is 1. The fraction of sp³-hybridized carbons (Fsp3) is 1.00. The highest BCUT2D eigenvalue weighted by atomic mass is 127. The van der Waals surface area contributed by atoms with Crippen molar-refractivity contribution in [2.75, 3.05) is 7.11 Å². The highest BCUT2D eigenvalue weighted by molar-refractivity contribution is 14.0. The summed E-state index contributed by atoms with van der Waals surface area (Å²) >= 11 is 0. The van der Waals surface area contributed by atoms with E-state index in [1.165, 1.54) is 0 Å². The number of halogens is 1. The topological polar surface area (TPSA) is 51.7 Å². The molecule has 0 rings (SSSR count). The molecule has 0 aliphatic heterocycles. The van der Waals surface area contributed by atoms with Gasteiger partial charge in [0.2, 0.25) is 0 Å². The molecule has 4 heavy (non-hydrogen) atoms. The number of aliphatic hydroxyl groups excluding tert-OH is 1. The zero-order valence-electron chi connectivity index (χ0n) is 2.36. The lowest BCUT2D eigenvalue weighted by Crippen LogP contribution is -1.25. The van der Waals surface area contributed by atoms with Gasteiger partial charge in [-0.25, -0.2) is 0 Å². The van der Waals surface area contributed by atoms with Gasteiger partial charge in [-0.2, -0.15) is 0 Å². The van der Waals surface area contributed by atoms with Crippen LogP contribution in [0.3, 0.4) is 0 Å². The molecular formula is CH7IO2. The van der Waals surface area contributed by atoms with Crippen LogP contribution in [0.5, 0.6) is 0 Å². The third kappa shape index (κ3) is 17.1. The summed E-state index contributed by atoms with van der Waals surface area (Å²) in [4.78, 5) is 0. The standard InChI is InChI=1S/CH4O.HI.H2O/c1-2;;/h2H,1H3;1H;1H2. The monoisotopic (exact) mass is 178 g/mol.